The molecule has 0 radical (unpaired) electrons. The molecule has 136 valence electrons. The first-order valence-corrected chi connectivity index (χ1v) is 10.5. The Bertz CT molecular complexity index is 1070. The summed E-state index contributed by atoms with van der Waals surface area (Å²) in [6.45, 7) is 0.822. The van der Waals surface area contributed by atoms with E-state index in [9.17, 15) is 0 Å². The lowest BCUT2D eigenvalue weighted by molar-refractivity contribution is 0.861. The van der Waals surface area contributed by atoms with E-state index in [-0.39, 0.29) is 5.28 Å². The zero-order valence-electron chi connectivity index (χ0n) is 14.6. The maximum absolute atomic E-state index is 6.20. The Balaban J connectivity index is 1.72. The first-order chi connectivity index (χ1) is 13.1. The van der Waals surface area contributed by atoms with Crippen LogP contribution < -0.4 is 4.90 Å². The molecule has 4 nitrogen and oxygen atoms in total. The van der Waals surface area contributed by atoms with Gasteiger partial charge in [-0.05, 0) is 53.4 Å². The predicted molar refractivity (Wildman–Crippen MR) is 117 cm³/mol. The third kappa shape index (κ3) is 3.98. The van der Waals surface area contributed by atoms with Crippen LogP contribution in [0.25, 0.3) is 21.3 Å². The summed E-state index contributed by atoms with van der Waals surface area (Å²) in [5.41, 5.74) is 3.51. The largest absolute Gasteiger partial charge is 0.359 e. The van der Waals surface area contributed by atoms with Gasteiger partial charge in [0.1, 0.15) is 10.6 Å². The minimum atomic E-state index is 0.275. The zero-order valence-corrected chi connectivity index (χ0v) is 17.7. The van der Waals surface area contributed by atoms with Crippen molar-refractivity contribution in [2.75, 3.05) is 18.5 Å². The van der Waals surface area contributed by atoms with Crippen molar-refractivity contribution in [3.8, 4) is 11.1 Å². The van der Waals surface area contributed by atoms with E-state index in [1.807, 2.05) is 43.7 Å². The summed E-state index contributed by atoms with van der Waals surface area (Å²) in [7, 11) is 2.04. The predicted octanol–water partition coefficient (Wildman–Crippen LogP) is 5.85. The van der Waals surface area contributed by atoms with Gasteiger partial charge in [-0.15, -0.1) is 11.3 Å². The van der Waals surface area contributed by atoms with Crippen LogP contribution in [0.5, 0.6) is 0 Å². The van der Waals surface area contributed by atoms with Gasteiger partial charge < -0.3 is 4.90 Å². The monoisotopic (exact) mass is 458 g/mol. The second-order valence-corrected chi connectivity index (χ2v) is 8.29. The Kier molecular flexibility index (Phi) is 5.38. The van der Waals surface area contributed by atoms with Crippen LogP contribution in [-0.2, 0) is 6.42 Å². The highest BCUT2D eigenvalue weighted by molar-refractivity contribution is 9.10. The van der Waals surface area contributed by atoms with Crippen LogP contribution in [0.15, 0.2) is 58.6 Å². The van der Waals surface area contributed by atoms with E-state index in [1.165, 1.54) is 5.56 Å². The lowest BCUT2D eigenvalue weighted by atomic mass is 10.1. The topological polar surface area (TPSA) is 41.9 Å². The number of benzene rings is 1. The van der Waals surface area contributed by atoms with Gasteiger partial charge >= 0.3 is 0 Å². The summed E-state index contributed by atoms with van der Waals surface area (Å²) in [6, 6.07) is 12.4. The minimum absolute atomic E-state index is 0.275. The number of nitrogens with zero attached hydrogens (tertiary/aromatic N) is 4. The van der Waals surface area contributed by atoms with Gasteiger partial charge in [0.2, 0.25) is 5.28 Å². The van der Waals surface area contributed by atoms with Gasteiger partial charge in [0.25, 0.3) is 0 Å². The van der Waals surface area contributed by atoms with Crippen molar-refractivity contribution in [1.82, 2.24) is 15.0 Å². The number of rotatable bonds is 5. The summed E-state index contributed by atoms with van der Waals surface area (Å²) < 4.78 is 1.06. The van der Waals surface area contributed by atoms with Crippen LogP contribution in [0.4, 0.5) is 5.82 Å². The van der Waals surface area contributed by atoms with Gasteiger partial charge in [-0.1, -0.05) is 28.1 Å². The quantitative estimate of drug-likeness (QED) is 0.351. The van der Waals surface area contributed by atoms with Crippen LogP contribution in [0.3, 0.4) is 0 Å². The standard InChI is InChI=1S/C20H16BrClN4S/c1-26(11-8-13-6-9-23-10-7-13)18-17-16(14-2-4-15(21)5-3-14)12-27-19(17)25-20(22)24-18/h2-7,9-10,12H,8,11H2,1H3. The number of likely N-dealkylation sites (N-methyl/N-ethyl adjacent to an activating group) is 1. The van der Waals surface area contributed by atoms with Crippen molar-refractivity contribution in [2.24, 2.45) is 0 Å². The Morgan fingerprint density at radius 1 is 1.07 bits per heavy atom. The maximum atomic E-state index is 6.20. The number of anilines is 1. The molecule has 0 spiro atoms. The smallest absolute Gasteiger partial charge is 0.225 e. The first kappa shape index (κ1) is 18.3. The minimum Gasteiger partial charge on any atom is -0.359 e. The summed E-state index contributed by atoms with van der Waals surface area (Å²) in [4.78, 5) is 16.1. The molecule has 0 saturated heterocycles. The van der Waals surface area contributed by atoms with E-state index in [4.69, 9.17) is 11.6 Å². The van der Waals surface area contributed by atoms with E-state index in [1.54, 1.807) is 11.3 Å². The van der Waals surface area contributed by atoms with E-state index < -0.39 is 0 Å². The van der Waals surface area contributed by atoms with Crippen molar-refractivity contribution in [3.63, 3.8) is 0 Å². The number of fused-ring (bicyclic) bond motifs is 1. The molecule has 7 heteroatoms. The number of pyridine rings is 1. The second kappa shape index (κ2) is 7.92. The highest BCUT2D eigenvalue weighted by atomic mass is 79.9. The fourth-order valence-corrected chi connectivity index (χ4v) is 4.39. The Morgan fingerprint density at radius 2 is 1.81 bits per heavy atom. The summed E-state index contributed by atoms with van der Waals surface area (Å²) >= 11 is 11.3. The molecule has 4 rings (SSSR count). The molecule has 3 aromatic heterocycles. The number of halogens is 2. The van der Waals surface area contributed by atoms with Gasteiger partial charge in [0.15, 0.2) is 0 Å². The van der Waals surface area contributed by atoms with Crippen molar-refractivity contribution in [2.45, 2.75) is 6.42 Å². The third-order valence-corrected chi connectivity index (χ3v) is 5.96. The third-order valence-electron chi connectivity index (χ3n) is 4.39. The SMILES string of the molecule is CN(CCc1ccncc1)c1nc(Cl)nc2scc(-c3ccc(Br)cc3)c12. The average Bonchev–Trinajstić information content (AvgIpc) is 3.10. The van der Waals surface area contributed by atoms with Crippen LogP contribution in [-0.4, -0.2) is 28.5 Å². The van der Waals surface area contributed by atoms with Crippen molar-refractivity contribution < 1.29 is 0 Å². The molecule has 0 saturated carbocycles. The highest BCUT2D eigenvalue weighted by Crippen LogP contribution is 2.39. The molecule has 0 bridgehead atoms. The zero-order chi connectivity index (χ0) is 18.8. The second-order valence-electron chi connectivity index (χ2n) is 6.18. The average molecular weight is 460 g/mol. The van der Waals surface area contributed by atoms with Crippen LogP contribution in [0.2, 0.25) is 5.28 Å². The Labute approximate surface area is 175 Å². The van der Waals surface area contributed by atoms with Gasteiger partial charge in [-0.2, -0.15) is 4.98 Å². The van der Waals surface area contributed by atoms with Crippen molar-refractivity contribution in [3.05, 3.63) is 69.5 Å². The molecule has 0 N–H and O–H groups in total. The normalized spacial score (nSPS) is 11.1. The molecule has 27 heavy (non-hydrogen) atoms. The fourth-order valence-electron chi connectivity index (χ4n) is 2.97. The molecule has 0 unspecified atom stereocenters. The van der Waals surface area contributed by atoms with E-state index >= 15 is 0 Å². The van der Waals surface area contributed by atoms with E-state index in [2.05, 4.69) is 53.3 Å². The molecular formula is C20H16BrClN4S. The Morgan fingerprint density at radius 3 is 2.56 bits per heavy atom. The van der Waals surface area contributed by atoms with Crippen LogP contribution in [0.1, 0.15) is 5.56 Å². The van der Waals surface area contributed by atoms with Gasteiger partial charge in [0.05, 0.1) is 5.39 Å². The number of aromatic nitrogens is 3. The lowest BCUT2D eigenvalue weighted by Crippen LogP contribution is -2.22. The highest BCUT2D eigenvalue weighted by Gasteiger charge is 2.17. The molecule has 0 aliphatic carbocycles. The van der Waals surface area contributed by atoms with Crippen LogP contribution in [0, 0.1) is 0 Å². The lowest BCUT2D eigenvalue weighted by Gasteiger charge is -2.20. The Hall–Kier alpha value is -2.02. The molecule has 0 aliphatic rings. The summed E-state index contributed by atoms with van der Waals surface area (Å²) in [5.74, 6) is 0.859. The van der Waals surface area contributed by atoms with Crippen molar-refractivity contribution in [1.29, 1.82) is 0 Å². The first-order valence-electron chi connectivity index (χ1n) is 8.42. The van der Waals surface area contributed by atoms with Gasteiger partial charge in [-0.25, -0.2) is 4.98 Å². The molecule has 0 amide bonds. The molecule has 4 aromatic rings. The van der Waals surface area contributed by atoms with E-state index in [0.717, 1.165) is 44.6 Å². The maximum Gasteiger partial charge on any atom is 0.225 e. The molecule has 3 heterocycles. The van der Waals surface area contributed by atoms with Gasteiger partial charge in [0, 0.05) is 41.4 Å². The molecular weight excluding hydrogens is 444 g/mol. The van der Waals surface area contributed by atoms with Crippen LogP contribution >= 0.6 is 38.9 Å². The molecule has 0 fully saturated rings. The van der Waals surface area contributed by atoms with Crippen molar-refractivity contribution >= 4 is 54.9 Å². The number of thiophene rings is 1. The summed E-state index contributed by atoms with van der Waals surface area (Å²) in [5, 5.41) is 3.44. The molecule has 0 atom stereocenters. The van der Waals surface area contributed by atoms with Gasteiger partial charge in [-0.3, -0.25) is 4.98 Å². The van der Waals surface area contributed by atoms with E-state index in [0.29, 0.717) is 0 Å². The fraction of sp³-hybridized carbons (Fsp3) is 0.150. The molecule has 0 aliphatic heterocycles. The number of hydrogen-bond donors (Lipinski definition) is 0. The summed E-state index contributed by atoms with van der Waals surface area (Å²) in [6.07, 6.45) is 4.54. The number of hydrogen-bond acceptors (Lipinski definition) is 5. The molecule has 1 aromatic carbocycles.